The molecule has 0 bridgehead atoms. The number of hydrogen-bond acceptors (Lipinski definition) is 4. The van der Waals surface area contributed by atoms with E-state index in [9.17, 15) is 14.4 Å². The maximum Gasteiger partial charge on any atom is 0.355 e. The summed E-state index contributed by atoms with van der Waals surface area (Å²) in [7, 11) is 0. The van der Waals surface area contributed by atoms with Crippen LogP contribution in [0, 0.1) is 20.8 Å². The number of ether oxygens (including phenoxy) is 1. The lowest BCUT2D eigenvalue weighted by Gasteiger charge is -2.21. The highest BCUT2D eigenvalue weighted by Crippen LogP contribution is 2.20. The lowest BCUT2D eigenvalue weighted by Crippen LogP contribution is -2.36. The average Bonchev–Trinajstić information content (AvgIpc) is 2.94. The van der Waals surface area contributed by atoms with Crippen LogP contribution in [0.2, 0.25) is 0 Å². The molecule has 1 aromatic heterocycles. The van der Waals surface area contributed by atoms with E-state index in [1.165, 1.54) is 4.90 Å². The van der Waals surface area contributed by atoms with Gasteiger partial charge in [-0.25, -0.2) is 4.79 Å². The number of aromatic nitrogens is 1. The van der Waals surface area contributed by atoms with Crippen LogP contribution in [-0.2, 0) is 4.74 Å². The number of benzene rings is 1. The molecule has 0 atom stereocenters. The zero-order valence-corrected chi connectivity index (χ0v) is 16.5. The molecule has 0 fully saturated rings. The fourth-order valence-corrected chi connectivity index (χ4v) is 3.14. The van der Waals surface area contributed by atoms with Gasteiger partial charge in [-0.3, -0.25) is 9.59 Å². The van der Waals surface area contributed by atoms with Crippen molar-refractivity contribution in [2.24, 2.45) is 0 Å². The summed E-state index contributed by atoms with van der Waals surface area (Å²) in [5, 5.41) is 0. The molecule has 2 rings (SSSR count). The molecule has 27 heavy (non-hydrogen) atoms. The first-order valence-corrected chi connectivity index (χ1v) is 9.06. The Balaban J connectivity index is 2.26. The minimum atomic E-state index is -0.486. The third-order valence-electron chi connectivity index (χ3n) is 4.57. The number of carbonyl (C=O) groups is 3. The lowest BCUT2D eigenvalue weighted by atomic mass is 10.0. The number of nitrogens with zero attached hydrogens (tertiary/aromatic N) is 1. The van der Waals surface area contributed by atoms with Crippen molar-refractivity contribution in [3.05, 3.63) is 57.9 Å². The van der Waals surface area contributed by atoms with Gasteiger partial charge in [-0.15, -0.1) is 0 Å². The molecule has 0 aliphatic rings. The van der Waals surface area contributed by atoms with Gasteiger partial charge in [0, 0.05) is 23.4 Å². The number of esters is 1. The predicted molar refractivity (Wildman–Crippen MR) is 103 cm³/mol. The largest absolute Gasteiger partial charge is 0.461 e. The molecular formula is C21H26N2O4. The maximum atomic E-state index is 12.9. The number of aromatic amines is 1. The smallest absolute Gasteiger partial charge is 0.355 e. The molecule has 1 aromatic carbocycles. The molecule has 6 heteroatoms. The highest BCUT2D eigenvalue weighted by Gasteiger charge is 2.25. The Hall–Kier alpha value is -2.89. The predicted octanol–water partition coefficient (Wildman–Crippen LogP) is 3.46. The zero-order valence-electron chi connectivity index (χ0n) is 16.5. The monoisotopic (exact) mass is 370 g/mol. The number of H-pyrrole nitrogens is 1. The second-order valence-corrected chi connectivity index (χ2v) is 6.40. The standard InChI is InChI=1S/C21H26N2O4/c1-6-23(20(25)16-11-9-8-10-13(16)3)12-17(24)18-14(4)19(22-15(18)5)21(26)27-7-2/h8-11,22H,6-7,12H2,1-5H3. The van der Waals surface area contributed by atoms with Crippen LogP contribution in [0.3, 0.4) is 0 Å². The van der Waals surface area contributed by atoms with Gasteiger partial charge in [-0.1, -0.05) is 18.2 Å². The van der Waals surface area contributed by atoms with E-state index in [1.54, 1.807) is 26.8 Å². The third kappa shape index (κ3) is 4.27. The van der Waals surface area contributed by atoms with Crippen LogP contribution in [0.15, 0.2) is 24.3 Å². The molecular weight excluding hydrogens is 344 g/mol. The number of ketones is 1. The van der Waals surface area contributed by atoms with Crippen LogP contribution >= 0.6 is 0 Å². The first-order chi connectivity index (χ1) is 12.8. The van der Waals surface area contributed by atoms with E-state index in [2.05, 4.69) is 4.98 Å². The van der Waals surface area contributed by atoms with E-state index in [0.717, 1.165) is 5.56 Å². The molecule has 2 aromatic rings. The van der Waals surface area contributed by atoms with E-state index >= 15 is 0 Å². The topological polar surface area (TPSA) is 79.5 Å². The number of likely N-dealkylation sites (N-methyl/N-ethyl adjacent to an activating group) is 1. The SMILES string of the molecule is CCOC(=O)c1[nH]c(C)c(C(=O)CN(CC)C(=O)c2ccccc2C)c1C. The molecule has 0 saturated heterocycles. The number of hydrogen-bond donors (Lipinski definition) is 1. The van der Waals surface area contributed by atoms with Crippen LogP contribution in [0.1, 0.15) is 61.9 Å². The molecule has 0 aliphatic heterocycles. The van der Waals surface area contributed by atoms with Crippen molar-refractivity contribution in [1.29, 1.82) is 0 Å². The van der Waals surface area contributed by atoms with Crippen molar-refractivity contribution in [1.82, 2.24) is 9.88 Å². The van der Waals surface area contributed by atoms with Gasteiger partial charge >= 0.3 is 5.97 Å². The van der Waals surface area contributed by atoms with Crippen LogP contribution in [0.5, 0.6) is 0 Å². The van der Waals surface area contributed by atoms with Crippen LogP contribution in [0.25, 0.3) is 0 Å². The molecule has 6 nitrogen and oxygen atoms in total. The number of aryl methyl sites for hydroxylation is 2. The van der Waals surface area contributed by atoms with Crippen molar-refractivity contribution < 1.29 is 19.1 Å². The van der Waals surface area contributed by atoms with Crippen molar-refractivity contribution >= 4 is 17.7 Å². The van der Waals surface area contributed by atoms with Gasteiger partial charge in [0.2, 0.25) is 0 Å². The normalized spacial score (nSPS) is 10.6. The summed E-state index contributed by atoms with van der Waals surface area (Å²) in [6, 6.07) is 7.31. The molecule has 1 amide bonds. The highest BCUT2D eigenvalue weighted by molar-refractivity contribution is 6.06. The molecule has 0 unspecified atom stereocenters. The minimum Gasteiger partial charge on any atom is -0.461 e. The molecule has 144 valence electrons. The summed E-state index contributed by atoms with van der Waals surface area (Å²) in [6.07, 6.45) is 0. The summed E-state index contributed by atoms with van der Waals surface area (Å²) in [5.41, 5.74) is 3.32. The quantitative estimate of drug-likeness (QED) is 0.598. The molecule has 0 saturated carbocycles. The zero-order chi connectivity index (χ0) is 20.1. The van der Waals surface area contributed by atoms with Crippen LogP contribution in [-0.4, -0.2) is 47.2 Å². The fraction of sp³-hybridized carbons (Fsp3) is 0.381. The Labute approximate surface area is 159 Å². The average molecular weight is 370 g/mol. The number of amides is 1. The van der Waals surface area contributed by atoms with E-state index < -0.39 is 5.97 Å². The van der Waals surface area contributed by atoms with Gasteiger partial charge in [0.15, 0.2) is 5.78 Å². The second kappa shape index (κ2) is 8.66. The molecule has 0 aliphatic carbocycles. The summed E-state index contributed by atoms with van der Waals surface area (Å²) in [5.74, 6) is -0.874. The number of rotatable bonds is 7. The number of carbonyl (C=O) groups excluding carboxylic acids is 3. The lowest BCUT2D eigenvalue weighted by molar-refractivity contribution is 0.0519. The van der Waals surface area contributed by atoms with Gasteiger partial charge < -0.3 is 14.6 Å². The Morgan fingerprint density at radius 1 is 1.07 bits per heavy atom. The van der Waals surface area contributed by atoms with Crippen molar-refractivity contribution in [3.63, 3.8) is 0 Å². The Bertz CT molecular complexity index is 867. The van der Waals surface area contributed by atoms with Gasteiger partial charge in [-0.05, 0) is 51.8 Å². The Morgan fingerprint density at radius 2 is 1.74 bits per heavy atom. The number of Topliss-reactive ketones (excluding diaryl/α,β-unsaturated/α-hetero) is 1. The molecule has 0 spiro atoms. The number of nitrogens with one attached hydrogen (secondary N) is 1. The molecule has 1 N–H and O–H groups in total. The van der Waals surface area contributed by atoms with E-state index in [0.29, 0.717) is 28.9 Å². The van der Waals surface area contributed by atoms with Crippen molar-refractivity contribution in [3.8, 4) is 0 Å². The summed E-state index contributed by atoms with van der Waals surface area (Å²) in [4.78, 5) is 42.2. The first kappa shape index (κ1) is 20.4. The van der Waals surface area contributed by atoms with Gasteiger partial charge in [0.05, 0.1) is 13.2 Å². The van der Waals surface area contributed by atoms with Gasteiger partial charge in [0.25, 0.3) is 5.91 Å². The Morgan fingerprint density at radius 3 is 2.33 bits per heavy atom. The van der Waals surface area contributed by atoms with Gasteiger partial charge in [0.1, 0.15) is 5.69 Å². The van der Waals surface area contributed by atoms with Gasteiger partial charge in [-0.2, -0.15) is 0 Å². The second-order valence-electron chi connectivity index (χ2n) is 6.40. The third-order valence-corrected chi connectivity index (χ3v) is 4.57. The fourth-order valence-electron chi connectivity index (χ4n) is 3.14. The van der Waals surface area contributed by atoms with Crippen LogP contribution < -0.4 is 0 Å². The molecule has 1 heterocycles. The van der Waals surface area contributed by atoms with E-state index in [4.69, 9.17) is 4.74 Å². The van der Waals surface area contributed by atoms with Crippen LogP contribution in [0.4, 0.5) is 0 Å². The maximum absolute atomic E-state index is 12.9. The van der Waals surface area contributed by atoms with E-state index in [-0.39, 0.29) is 30.5 Å². The minimum absolute atomic E-state index is 0.0501. The first-order valence-electron chi connectivity index (χ1n) is 9.06. The van der Waals surface area contributed by atoms with Crippen molar-refractivity contribution in [2.75, 3.05) is 19.7 Å². The summed E-state index contributed by atoms with van der Waals surface area (Å²) < 4.78 is 5.02. The summed E-state index contributed by atoms with van der Waals surface area (Å²) >= 11 is 0. The van der Waals surface area contributed by atoms with E-state index in [1.807, 2.05) is 32.0 Å². The molecule has 0 radical (unpaired) electrons. The Kier molecular flexibility index (Phi) is 6.55. The summed E-state index contributed by atoms with van der Waals surface area (Å²) in [6.45, 7) is 9.50. The van der Waals surface area contributed by atoms with Crippen molar-refractivity contribution in [2.45, 2.75) is 34.6 Å². The highest BCUT2D eigenvalue weighted by atomic mass is 16.5.